The van der Waals surface area contributed by atoms with E-state index in [1.165, 1.54) is 77.9 Å². The third kappa shape index (κ3) is 4.22. The summed E-state index contributed by atoms with van der Waals surface area (Å²) in [6.07, 6.45) is 0. The summed E-state index contributed by atoms with van der Waals surface area (Å²) in [5.41, 5.74) is 20.4. The molecule has 0 bridgehead atoms. The Morgan fingerprint density at radius 1 is 0.314 bits per heavy atom. The minimum atomic E-state index is 0.128. The summed E-state index contributed by atoms with van der Waals surface area (Å²) in [7, 11) is 0. The number of para-hydroxylation sites is 1. The SMILES string of the molecule is c1ccc(C2c3ccccc3-c3c(-c4ccc5c(c4)-c4ccccc4C5c4ccccc4-c4ccc5oc6ccccc6c5c4)cccc32)cc1. The van der Waals surface area contributed by atoms with Crippen molar-refractivity contribution in [2.75, 3.05) is 0 Å². The summed E-state index contributed by atoms with van der Waals surface area (Å²) in [4.78, 5) is 0. The van der Waals surface area contributed by atoms with E-state index in [4.69, 9.17) is 4.42 Å². The highest BCUT2D eigenvalue weighted by Crippen LogP contribution is 2.54. The van der Waals surface area contributed by atoms with Crippen molar-refractivity contribution < 1.29 is 4.42 Å². The third-order valence-electron chi connectivity index (χ3n) is 11.3. The number of furan rings is 1. The van der Waals surface area contributed by atoms with E-state index in [2.05, 4.69) is 170 Å². The van der Waals surface area contributed by atoms with Gasteiger partial charge in [-0.05, 0) is 102 Å². The number of fused-ring (bicyclic) bond motifs is 9. The Hall–Kier alpha value is -6.44. The van der Waals surface area contributed by atoms with Crippen LogP contribution in [-0.4, -0.2) is 0 Å². The predicted molar refractivity (Wildman–Crippen MR) is 210 cm³/mol. The van der Waals surface area contributed by atoms with Crippen LogP contribution in [0.4, 0.5) is 0 Å². The number of hydrogen-bond donors (Lipinski definition) is 0. The molecule has 51 heavy (non-hydrogen) atoms. The van der Waals surface area contributed by atoms with Crippen LogP contribution in [0.3, 0.4) is 0 Å². The molecule has 0 saturated heterocycles. The molecule has 11 rings (SSSR count). The summed E-state index contributed by atoms with van der Waals surface area (Å²) in [6, 6.07) is 67.0. The Morgan fingerprint density at radius 3 is 1.73 bits per heavy atom. The highest BCUT2D eigenvalue weighted by molar-refractivity contribution is 6.06. The fourth-order valence-corrected chi connectivity index (χ4v) is 9.11. The zero-order valence-electron chi connectivity index (χ0n) is 27.9. The number of benzene rings is 8. The number of rotatable bonds is 4. The van der Waals surface area contributed by atoms with Crippen LogP contribution in [0.15, 0.2) is 186 Å². The van der Waals surface area contributed by atoms with Crippen molar-refractivity contribution in [3.63, 3.8) is 0 Å². The van der Waals surface area contributed by atoms with Crippen LogP contribution < -0.4 is 0 Å². The van der Waals surface area contributed by atoms with Gasteiger partial charge in [0, 0.05) is 22.6 Å². The molecule has 0 N–H and O–H groups in total. The Morgan fingerprint density at radius 2 is 0.882 bits per heavy atom. The molecule has 9 aromatic rings. The zero-order valence-corrected chi connectivity index (χ0v) is 27.9. The molecule has 0 amide bonds. The molecule has 2 atom stereocenters. The summed E-state index contributed by atoms with van der Waals surface area (Å²) in [5.74, 6) is 0.357. The predicted octanol–water partition coefficient (Wildman–Crippen LogP) is 13.2. The van der Waals surface area contributed by atoms with Gasteiger partial charge in [0.25, 0.3) is 0 Å². The first-order valence-corrected chi connectivity index (χ1v) is 17.8. The molecule has 1 heterocycles. The van der Waals surface area contributed by atoms with Crippen molar-refractivity contribution in [2.45, 2.75) is 11.8 Å². The first-order valence-electron chi connectivity index (χ1n) is 17.8. The lowest BCUT2D eigenvalue weighted by Crippen LogP contribution is -2.01. The standard InChI is InChI=1S/C50H32O/c1-2-13-31(14-3-1)48-40-20-8-9-21-41(40)49-35(22-12-23-43(48)49)33-25-27-42-44(29-33)36-16-5-7-19-39(36)50(42)38-18-6-4-15-34(38)32-26-28-47-45(30-32)37-17-10-11-24-46(37)51-47/h1-30,48,50H. The van der Waals surface area contributed by atoms with Crippen molar-refractivity contribution in [1.82, 2.24) is 0 Å². The molecule has 0 spiro atoms. The minimum Gasteiger partial charge on any atom is -0.456 e. The molecular formula is C50H32O. The maximum atomic E-state index is 6.19. The van der Waals surface area contributed by atoms with Gasteiger partial charge in [-0.15, -0.1) is 0 Å². The monoisotopic (exact) mass is 648 g/mol. The highest BCUT2D eigenvalue weighted by atomic mass is 16.3. The van der Waals surface area contributed by atoms with Gasteiger partial charge in [-0.3, -0.25) is 0 Å². The molecule has 0 aliphatic heterocycles. The Kier molecular flexibility index (Phi) is 6.15. The molecule has 0 radical (unpaired) electrons. The van der Waals surface area contributed by atoms with Gasteiger partial charge < -0.3 is 4.42 Å². The second-order valence-corrected chi connectivity index (χ2v) is 13.9. The molecular weight excluding hydrogens is 617 g/mol. The summed E-state index contributed by atoms with van der Waals surface area (Å²) in [6.45, 7) is 0. The highest BCUT2D eigenvalue weighted by Gasteiger charge is 2.34. The lowest BCUT2D eigenvalue weighted by Gasteiger charge is -2.19. The molecule has 8 aromatic carbocycles. The van der Waals surface area contributed by atoms with E-state index < -0.39 is 0 Å². The van der Waals surface area contributed by atoms with E-state index in [9.17, 15) is 0 Å². The lowest BCUT2D eigenvalue weighted by atomic mass is 9.83. The molecule has 2 aliphatic rings. The molecule has 1 heteroatoms. The minimum absolute atomic E-state index is 0.128. The average Bonchev–Trinajstić information content (AvgIpc) is 3.85. The lowest BCUT2D eigenvalue weighted by molar-refractivity contribution is 0.669. The topological polar surface area (TPSA) is 13.1 Å². The van der Waals surface area contributed by atoms with Crippen LogP contribution in [0.2, 0.25) is 0 Å². The van der Waals surface area contributed by atoms with Gasteiger partial charge in [-0.2, -0.15) is 0 Å². The van der Waals surface area contributed by atoms with Gasteiger partial charge >= 0.3 is 0 Å². The van der Waals surface area contributed by atoms with Crippen LogP contribution >= 0.6 is 0 Å². The Balaban J connectivity index is 1.07. The van der Waals surface area contributed by atoms with Crippen molar-refractivity contribution in [1.29, 1.82) is 0 Å². The van der Waals surface area contributed by atoms with E-state index in [-0.39, 0.29) is 11.8 Å². The Bertz CT molecular complexity index is 2820. The fourth-order valence-electron chi connectivity index (χ4n) is 9.11. The van der Waals surface area contributed by atoms with E-state index in [0.717, 1.165) is 21.9 Å². The average molecular weight is 649 g/mol. The first kappa shape index (κ1) is 28.4. The van der Waals surface area contributed by atoms with Crippen molar-refractivity contribution in [2.24, 2.45) is 0 Å². The molecule has 2 aliphatic carbocycles. The molecule has 1 nitrogen and oxygen atoms in total. The quantitative estimate of drug-likeness (QED) is 0.185. The molecule has 1 aromatic heterocycles. The van der Waals surface area contributed by atoms with Gasteiger partial charge in [0.1, 0.15) is 11.2 Å². The molecule has 238 valence electrons. The maximum absolute atomic E-state index is 6.19. The summed E-state index contributed by atoms with van der Waals surface area (Å²) >= 11 is 0. The van der Waals surface area contributed by atoms with Gasteiger partial charge in [-0.1, -0.05) is 158 Å². The van der Waals surface area contributed by atoms with Gasteiger partial charge in [0.05, 0.1) is 0 Å². The van der Waals surface area contributed by atoms with Crippen LogP contribution in [0, 0.1) is 0 Å². The van der Waals surface area contributed by atoms with Crippen molar-refractivity contribution in [3.05, 3.63) is 215 Å². The molecule has 0 saturated carbocycles. The van der Waals surface area contributed by atoms with Crippen LogP contribution in [0.5, 0.6) is 0 Å². The smallest absolute Gasteiger partial charge is 0.135 e. The second kappa shape index (κ2) is 11.0. The van der Waals surface area contributed by atoms with Gasteiger partial charge in [-0.25, -0.2) is 0 Å². The fraction of sp³-hybridized carbons (Fsp3) is 0.0400. The summed E-state index contributed by atoms with van der Waals surface area (Å²) in [5, 5.41) is 2.31. The van der Waals surface area contributed by atoms with Gasteiger partial charge in [0.2, 0.25) is 0 Å². The van der Waals surface area contributed by atoms with E-state index in [1.807, 2.05) is 12.1 Å². The normalized spacial score (nSPS) is 15.5. The third-order valence-corrected chi connectivity index (χ3v) is 11.3. The molecule has 0 fully saturated rings. The number of hydrogen-bond acceptors (Lipinski definition) is 1. The van der Waals surface area contributed by atoms with Crippen molar-refractivity contribution >= 4 is 21.9 Å². The van der Waals surface area contributed by atoms with E-state index in [0.29, 0.717) is 0 Å². The summed E-state index contributed by atoms with van der Waals surface area (Å²) < 4.78 is 6.19. The van der Waals surface area contributed by atoms with E-state index >= 15 is 0 Å². The van der Waals surface area contributed by atoms with Crippen LogP contribution in [0.1, 0.15) is 45.2 Å². The van der Waals surface area contributed by atoms with Gasteiger partial charge in [0.15, 0.2) is 0 Å². The first-order chi connectivity index (χ1) is 25.3. The molecule has 2 unspecified atom stereocenters. The maximum Gasteiger partial charge on any atom is 0.135 e. The Labute approximate surface area is 297 Å². The van der Waals surface area contributed by atoms with E-state index in [1.54, 1.807) is 0 Å². The van der Waals surface area contributed by atoms with Crippen LogP contribution in [-0.2, 0) is 0 Å². The van der Waals surface area contributed by atoms with Crippen molar-refractivity contribution in [3.8, 4) is 44.5 Å². The largest absolute Gasteiger partial charge is 0.456 e. The second-order valence-electron chi connectivity index (χ2n) is 13.9. The van der Waals surface area contributed by atoms with Crippen LogP contribution in [0.25, 0.3) is 66.4 Å². The zero-order chi connectivity index (χ0) is 33.5.